The number of amides is 1. The highest BCUT2D eigenvalue weighted by atomic mass is 16.3. The van der Waals surface area contributed by atoms with Gasteiger partial charge in [-0.15, -0.1) is 0 Å². The van der Waals surface area contributed by atoms with Gasteiger partial charge in [-0.3, -0.25) is 4.79 Å². The largest absolute Gasteiger partial charge is 0.388 e. The number of benzene rings is 1. The van der Waals surface area contributed by atoms with Crippen LogP contribution in [0.4, 0.5) is 0 Å². The number of nitrogens with zero attached hydrogens (tertiary/aromatic N) is 2. The van der Waals surface area contributed by atoms with Gasteiger partial charge < -0.3 is 14.9 Å². The summed E-state index contributed by atoms with van der Waals surface area (Å²) >= 11 is 0. The first kappa shape index (κ1) is 14.0. The third-order valence-corrected chi connectivity index (χ3v) is 3.62. The molecule has 0 spiro atoms. The van der Waals surface area contributed by atoms with Crippen LogP contribution in [-0.2, 0) is 4.79 Å². The molecule has 1 aromatic carbocycles. The zero-order valence-corrected chi connectivity index (χ0v) is 11.5. The zero-order chi connectivity index (χ0) is 13.7. The molecule has 0 saturated carbocycles. The van der Waals surface area contributed by atoms with E-state index in [1.54, 1.807) is 0 Å². The minimum absolute atomic E-state index is 0.0478. The monoisotopic (exact) mass is 262 g/mol. The van der Waals surface area contributed by atoms with Gasteiger partial charge in [-0.1, -0.05) is 30.3 Å². The molecule has 1 atom stereocenters. The zero-order valence-electron chi connectivity index (χ0n) is 11.5. The standard InChI is InChI=1S/C15H22N2O2/c1-16-8-5-9-17(11-10-16)15(19)12-14(18)13-6-3-2-4-7-13/h2-4,6-7,14,18H,5,8-12H2,1H3. The lowest BCUT2D eigenvalue weighted by molar-refractivity contribution is -0.133. The molecule has 1 saturated heterocycles. The van der Waals surface area contributed by atoms with Crippen molar-refractivity contribution in [2.24, 2.45) is 0 Å². The van der Waals surface area contributed by atoms with Gasteiger partial charge in [-0.05, 0) is 25.6 Å². The van der Waals surface area contributed by atoms with Crippen molar-refractivity contribution < 1.29 is 9.90 Å². The third kappa shape index (κ3) is 4.04. The number of carbonyl (C=O) groups is 1. The molecule has 0 aromatic heterocycles. The number of carbonyl (C=O) groups excluding carboxylic acids is 1. The lowest BCUT2D eigenvalue weighted by Crippen LogP contribution is -2.35. The Hall–Kier alpha value is -1.39. The molecule has 1 aliphatic heterocycles. The topological polar surface area (TPSA) is 43.8 Å². The van der Waals surface area contributed by atoms with E-state index in [1.165, 1.54) is 0 Å². The molecular weight excluding hydrogens is 240 g/mol. The molecule has 1 N–H and O–H groups in total. The fraction of sp³-hybridized carbons (Fsp3) is 0.533. The molecule has 1 aromatic rings. The molecule has 1 heterocycles. The van der Waals surface area contributed by atoms with Crippen LogP contribution in [0, 0.1) is 0 Å². The molecular formula is C15H22N2O2. The van der Waals surface area contributed by atoms with Crippen LogP contribution >= 0.6 is 0 Å². The summed E-state index contributed by atoms with van der Waals surface area (Å²) in [7, 11) is 2.08. The molecule has 4 heteroatoms. The van der Waals surface area contributed by atoms with Crippen LogP contribution in [0.25, 0.3) is 0 Å². The van der Waals surface area contributed by atoms with Gasteiger partial charge in [0, 0.05) is 19.6 Å². The Morgan fingerprint density at radius 2 is 1.95 bits per heavy atom. The predicted molar refractivity (Wildman–Crippen MR) is 74.7 cm³/mol. The Kier molecular flexibility index (Phi) is 4.93. The second-order valence-electron chi connectivity index (χ2n) is 5.17. The Morgan fingerprint density at radius 3 is 2.68 bits per heavy atom. The maximum absolute atomic E-state index is 12.2. The average molecular weight is 262 g/mol. The van der Waals surface area contributed by atoms with Crippen molar-refractivity contribution in [3.63, 3.8) is 0 Å². The summed E-state index contributed by atoms with van der Waals surface area (Å²) in [6, 6.07) is 9.37. The van der Waals surface area contributed by atoms with Crippen molar-refractivity contribution in [3.8, 4) is 0 Å². The smallest absolute Gasteiger partial charge is 0.225 e. The summed E-state index contributed by atoms with van der Waals surface area (Å²) in [6.45, 7) is 3.50. The van der Waals surface area contributed by atoms with Gasteiger partial charge in [0.1, 0.15) is 0 Å². The van der Waals surface area contributed by atoms with E-state index in [4.69, 9.17) is 0 Å². The number of likely N-dealkylation sites (N-methyl/N-ethyl adjacent to an activating group) is 1. The second-order valence-corrected chi connectivity index (χ2v) is 5.17. The Bertz CT molecular complexity index is 408. The third-order valence-electron chi connectivity index (χ3n) is 3.62. The number of aliphatic hydroxyl groups excluding tert-OH is 1. The molecule has 0 bridgehead atoms. The van der Waals surface area contributed by atoms with Crippen LogP contribution in [-0.4, -0.2) is 54.0 Å². The van der Waals surface area contributed by atoms with E-state index in [9.17, 15) is 9.90 Å². The summed E-state index contributed by atoms with van der Waals surface area (Å²) in [5, 5.41) is 10.1. The number of rotatable bonds is 3. The van der Waals surface area contributed by atoms with Crippen LogP contribution in [0.15, 0.2) is 30.3 Å². The Labute approximate surface area is 114 Å². The summed E-state index contributed by atoms with van der Waals surface area (Å²) in [4.78, 5) is 16.3. The predicted octanol–water partition coefficient (Wildman–Crippen LogP) is 1.27. The molecule has 19 heavy (non-hydrogen) atoms. The number of aliphatic hydroxyl groups is 1. The fourth-order valence-corrected chi connectivity index (χ4v) is 2.38. The quantitative estimate of drug-likeness (QED) is 0.892. The van der Waals surface area contributed by atoms with Crippen LogP contribution < -0.4 is 0 Å². The molecule has 1 aliphatic rings. The van der Waals surface area contributed by atoms with Gasteiger partial charge >= 0.3 is 0 Å². The van der Waals surface area contributed by atoms with Gasteiger partial charge in [0.05, 0.1) is 12.5 Å². The van der Waals surface area contributed by atoms with E-state index in [2.05, 4.69) is 11.9 Å². The average Bonchev–Trinajstić information content (AvgIpc) is 2.64. The minimum atomic E-state index is -0.699. The summed E-state index contributed by atoms with van der Waals surface area (Å²) in [5.41, 5.74) is 0.808. The first-order valence-electron chi connectivity index (χ1n) is 6.86. The molecule has 4 nitrogen and oxygen atoms in total. The highest BCUT2D eigenvalue weighted by Crippen LogP contribution is 2.17. The van der Waals surface area contributed by atoms with Crippen LogP contribution in [0.1, 0.15) is 24.5 Å². The van der Waals surface area contributed by atoms with E-state index in [0.717, 1.165) is 38.2 Å². The normalized spacial score (nSPS) is 18.9. The second kappa shape index (κ2) is 6.68. The minimum Gasteiger partial charge on any atom is -0.388 e. The number of hydrogen-bond acceptors (Lipinski definition) is 3. The maximum atomic E-state index is 12.2. The SMILES string of the molecule is CN1CCCN(C(=O)CC(O)c2ccccc2)CC1. The first-order valence-corrected chi connectivity index (χ1v) is 6.86. The van der Waals surface area contributed by atoms with E-state index in [1.807, 2.05) is 35.2 Å². The van der Waals surface area contributed by atoms with Gasteiger partial charge in [0.25, 0.3) is 0 Å². The van der Waals surface area contributed by atoms with E-state index < -0.39 is 6.10 Å². The van der Waals surface area contributed by atoms with Gasteiger partial charge in [0.2, 0.25) is 5.91 Å². The lowest BCUT2D eigenvalue weighted by Gasteiger charge is -2.22. The van der Waals surface area contributed by atoms with E-state index in [-0.39, 0.29) is 12.3 Å². The Balaban J connectivity index is 1.90. The van der Waals surface area contributed by atoms with Crippen molar-refractivity contribution in [2.45, 2.75) is 18.9 Å². The molecule has 1 unspecified atom stereocenters. The highest BCUT2D eigenvalue weighted by Gasteiger charge is 2.20. The van der Waals surface area contributed by atoms with Gasteiger partial charge in [-0.25, -0.2) is 0 Å². The van der Waals surface area contributed by atoms with E-state index >= 15 is 0 Å². The van der Waals surface area contributed by atoms with Crippen LogP contribution in [0.2, 0.25) is 0 Å². The highest BCUT2D eigenvalue weighted by molar-refractivity contribution is 5.77. The number of hydrogen-bond donors (Lipinski definition) is 1. The van der Waals surface area contributed by atoms with Gasteiger partial charge in [-0.2, -0.15) is 0 Å². The molecule has 0 radical (unpaired) electrons. The van der Waals surface area contributed by atoms with Crippen molar-refractivity contribution in [3.05, 3.63) is 35.9 Å². The fourth-order valence-electron chi connectivity index (χ4n) is 2.38. The van der Waals surface area contributed by atoms with Crippen molar-refractivity contribution in [2.75, 3.05) is 33.2 Å². The summed E-state index contributed by atoms with van der Waals surface area (Å²) in [5.74, 6) is 0.0478. The summed E-state index contributed by atoms with van der Waals surface area (Å²) < 4.78 is 0. The lowest BCUT2D eigenvalue weighted by atomic mass is 10.1. The summed E-state index contributed by atoms with van der Waals surface area (Å²) in [6.07, 6.45) is 0.479. The van der Waals surface area contributed by atoms with Crippen molar-refractivity contribution in [1.29, 1.82) is 0 Å². The van der Waals surface area contributed by atoms with E-state index in [0.29, 0.717) is 0 Å². The van der Waals surface area contributed by atoms with Crippen LogP contribution in [0.5, 0.6) is 0 Å². The maximum Gasteiger partial charge on any atom is 0.225 e. The Morgan fingerprint density at radius 1 is 1.21 bits per heavy atom. The van der Waals surface area contributed by atoms with Crippen LogP contribution in [0.3, 0.4) is 0 Å². The molecule has 0 aliphatic carbocycles. The van der Waals surface area contributed by atoms with Gasteiger partial charge in [0.15, 0.2) is 0 Å². The first-order chi connectivity index (χ1) is 9.16. The molecule has 2 rings (SSSR count). The molecule has 104 valence electrons. The molecule has 1 fully saturated rings. The van der Waals surface area contributed by atoms with Crippen molar-refractivity contribution in [1.82, 2.24) is 9.80 Å². The molecule has 1 amide bonds. The van der Waals surface area contributed by atoms with Crippen molar-refractivity contribution >= 4 is 5.91 Å².